The molecule has 2 aromatic rings. The number of carbonyl (C=O) groups excluding carboxylic acids is 1. The number of rotatable bonds is 3. The summed E-state index contributed by atoms with van der Waals surface area (Å²) in [6, 6.07) is 7.49. The number of amides is 1. The van der Waals surface area contributed by atoms with Crippen LogP contribution in [0, 0.1) is 6.92 Å². The van der Waals surface area contributed by atoms with Crippen molar-refractivity contribution in [1.29, 1.82) is 0 Å². The number of aromatic amines is 1. The van der Waals surface area contributed by atoms with E-state index >= 15 is 0 Å². The number of nitrogens with one attached hydrogen (secondary N) is 2. The Morgan fingerprint density at radius 3 is 2.50 bits per heavy atom. The van der Waals surface area contributed by atoms with E-state index in [0.717, 1.165) is 0 Å². The van der Waals surface area contributed by atoms with Crippen LogP contribution in [-0.2, 0) is 0 Å². The van der Waals surface area contributed by atoms with Crippen molar-refractivity contribution in [3.63, 3.8) is 0 Å². The molecule has 0 saturated heterocycles. The minimum absolute atomic E-state index is 0.0346. The molecule has 0 radical (unpaired) electrons. The Morgan fingerprint density at radius 1 is 1.15 bits per heavy atom. The first-order chi connectivity index (χ1) is 9.50. The van der Waals surface area contributed by atoms with Gasteiger partial charge in [-0.25, -0.2) is 4.79 Å². The van der Waals surface area contributed by atoms with Crippen molar-refractivity contribution < 1.29 is 14.7 Å². The second kappa shape index (κ2) is 5.40. The predicted octanol–water partition coefficient (Wildman–Crippen LogP) is 1.63. The highest BCUT2D eigenvalue weighted by Crippen LogP contribution is 2.19. The van der Waals surface area contributed by atoms with Gasteiger partial charge in [0.05, 0.1) is 5.56 Å². The molecule has 0 unspecified atom stereocenters. The summed E-state index contributed by atoms with van der Waals surface area (Å²) < 4.78 is 0. The fourth-order valence-corrected chi connectivity index (χ4v) is 1.79. The number of aromatic carboxylic acids is 1. The third-order valence-electron chi connectivity index (χ3n) is 2.88. The standard InChI is InChI=1S/C14H12N2O4/c1-8-9(14(19)20)4-2-6-11(8)16-13(18)10-5-3-7-15-12(10)17/h2-7H,1H3,(H,15,17)(H,16,18)(H,19,20). The number of benzene rings is 1. The lowest BCUT2D eigenvalue weighted by atomic mass is 10.1. The number of carbonyl (C=O) groups is 2. The molecule has 0 atom stereocenters. The van der Waals surface area contributed by atoms with Crippen LogP contribution in [0.3, 0.4) is 0 Å². The van der Waals surface area contributed by atoms with E-state index in [1.54, 1.807) is 13.0 Å². The molecule has 3 N–H and O–H groups in total. The van der Waals surface area contributed by atoms with E-state index in [1.165, 1.54) is 30.5 Å². The van der Waals surface area contributed by atoms with Gasteiger partial charge in [0.25, 0.3) is 11.5 Å². The normalized spacial score (nSPS) is 10.1. The Hall–Kier alpha value is -2.89. The molecule has 102 valence electrons. The molecule has 1 amide bonds. The average Bonchev–Trinajstić information content (AvgIpc) is 2.41. The predicted molar refractivity (Wildman–Crippen MR) is 73.2 cm³/mol. The zero-order valence-electron chi connectivity index (χ0n) is 10.6. The Labute approximate surface area is 114 Å². The van der Waals surface area contributed by atoms with Crippen LogP contribution < -0.4 is 10.9 Å². The Morgan fingerprint density at radius 2 is 1.85 bits per heavy atom. The molecule has 20 heavy (non-hydrogen) atoms. The number of hydrogen-bond acceptors (Lipinski definition) is 3. The van der Waals surface area contributed by atoms with Gasteiger partial charge in [-0.1, -0.05) is 6.07 Å². The minimum atomic E-state index is -1.07. The van der Waals surface area contributed by atoms with Gasteiger partial charge in [0.2, 0.25) is 0 Å². The number of anilines is 1. The van der Waals surface area contributed by atoms with Crippen LogP contribution >= 0.6 is 0 Å². The number of aromatic nitrogens is 1. The smallest absolute Gasteiger partial charge is 0.336 e. The molecular weight excluding hydrogens is 260 g/mol. The van der Waals surface area contributed by atoms with Crippen LogP contribution in [-0.4, -0.2) is 22.0 Å². The highest BCUT2D eigenvalue weighted by atomic mass is 16.4. The first-order valence-corrected chi connectivity index (χ1v) is 5.82. The van der Waals surface area contributed by atoms with E-state index in [9.17, 15) is 14.4 Å². The van der Waals surface area contributed by atoms with E-state index in [4.69, 9.17) is 5.11 Å². The molecule has 0 aliphatic carbocycles. The van der Waals surface area contributed by atoms with Gasteiger partial charge < -0.3 is 15.4 Å². The number of pyridine rings is 1. The summed E-state index contributed by atoms with van der Waals surface area (Å²) in [7, 11) is 0. The van der Waals surface area contributed by atoms with Crippen molar-refractivity contribution in [3.8, 4) is 0 Å². The third-order valence-corrected chi connectivity index (χ3v) is 2.88. The lowest BCUT2D eigenvalue weighted by Gasteiger charge is -2.10. The molecule has 0 aliphatic rings. The number of H-pyrrole nitrogens is 1. The number of carboxylic acid groups (broad SMARTS) is 1. The quantitative estimate of drug-likeness (QED) is 0.790. The minimum Gasteiger partial charge on any atom is -0.478 e. The Kier molecular flexibility index (Phi) is 3.65. The van der Waals surface area contributed by atoms with E-state index in [-0.39, 0.29) is 11.1 Å². The van der Waals surface area contributed by atoms with Crippen molar-refractivity contribution in [2.75, 3.05) is 5.32 Å². The van der Waals surface area contributed by atoms with E-state index in [2.05, 4.69) is 10.3 Å². The first kappa shape index (κ1) is 13.5. The summed E-state index contributed by atoms with van der Waals surface area (Å²) in [5, 5.41) is 11.6. The molecule has 1 heterocycles. The Balaban J connectivity index is 2.34. The van der Waals surface area contributed by atoms with Crippen molar-refractivity contribution in [3.05, 3.63) is 63.6 Å². The molecule has 0 spiro atoms. The molecule has 0 saturated carbocycles. The topological polar surface area (TPSA) is 99.3 Å². The van der Waals surface area contributed by atoms with Gasteiger partial charge >= 0.3 is 5.97 Å². The highest BCUT2D eigenvalue weighted by Gasteiger charge is 2.14. The number of hydrogen-bond donors (Lipinski definition) is 3. The van der Waals surface area contributed by atoms with Gasteiger partial charge in [-0.15, -0.1) is 0 Å². The van der Waals surface area contributed by atoms with E-state index in [1.807, 2.05) is 0 Å². The van der Waals surface area contributed by atoms with Gasteiger partial charge in [-0.05, 0) is 36.8 Å². The fraction of sp³-hybridized carbons (Fsp3) is 0.0714. The zero-order chi connectivity index (χ0) is 14.7. The molecule has 1 aromatic heterocycles. The van der Waals surface area contributed by atoms with Crippen molar-refractivity contribution in [2.45, 2.75) is 6.92 Å². The van der Waals surface area contributed by atoms with Crippen LogP contribution in [0.4, 0.5) is 5.69 Å². The van der Waals surface area contributed by atoms with Crippen molar-refractivity contribution >= 4 is 17.6 Å². The summed E-state index contributed by atoms with van der Waals surface area (Å²) in [4.78, 5) is 36.9. The molecular formula is C14H12N2O4. The van der Waals surface area contributed by atoms with Crippen LogP contribution in [0.5, 0.6) is 0 Å². The van der Waals surface area contributed by atoms with E-state index in [0.29, 0.717) is 11.3 Å². The highest BCUT2D eigenvalue weighted by molar-refractivity contribution is 6.05. The van der Waals surface area contributed by atoms with Gasteiger partial charge in [0.1, 0.15) is 5.56 Å². The molecule has 0 bridgehead atoms. The second-order valence-corrected chi connectivity index (χ2v) is 4.15. The van der Waals surface area contributed by atoms with Crippen LogP contribution in [0.1, 0.15) is 26.3 Å². The van der Waals surface area contributed by atoms with Gasteiger partial charge in [-0.2, -0.15) is 0 Å². The maximum absolute atomic E-state index is 12.0. The van der Waals surface area contributed by atoms with E-state index < -0.39 is 17.4 Å². The summed E-state index contributed by atoms with van der Waals surface area (Å²) in [5.41, 5.74) is 0.355. The average molecular weight is 272 g/mol. The monoisotopic (exact) mass is 272 g/mol. The lowest BCUT2D eigenvalue weighted by molar-refractivity contribution is 0.0695. The summed E-state index contributed by atoms with van der Waals surface area (Å²) >= 11 is 0. The van der Waals surface area contributed by atoms with Crippen LogP contribution in [0.15, 0.2) is 41.3 Å². The third kappa shape index (κ3) is 2.59. The molecule has 0 fully saturated rings. The maximum atomic E-state index is 12.0. The van der Waals surface area contributed by atoms with Crippen molar-refractivity contribution in [2.24, 2.45) is 0 Å². The SMILES string of the molecule is Cc1c(NC(=O)c2ccc[nH]c2=O)cccc1C(=O)O. The molecule has 0 aliphatic heterocycles. The summed E-state index contributed by atoms with van der Waals surface area (Å²) in [6.07, 6.45) is 1.43. The van der Waals surface area contributed by atoms with Gasteiger partial charge in [-0.3, -0.25) is 9.59 Å². The maximum Gasteiger partial charge on any atom is 0.336 e. The van der Waals surface area contributed by atoms with Gasteiger partial charge in [0.15, 0.2) is 0 Å². The fourth-order valence-electron chi connectivity index (χ4n) is 1.79. The second-order valence-electron chi connectivity index (χ2n) is 4.15. The zero-order valence-corrected chi connectivity index (χ0v) is 10.6. The van der Waals surface area contributed by atoms with Crippen LogP contribution in [0.25, 0.3) is 0 Å². The Bertz CT molecular complexity index is 734. The van der Waals surface area contributed by atoms with Crippen LogP contribution in [0.2, 0.25) is 0 Å². The molecule has 2 rings (SSSR count). The molecule has 1 aromatic carbocycles. The number of carboxylic acids is 1. The lowest BCUT2D eigenvalue weighted by Crippen LogP contribution is -2.23. The molecule has 6 nitrogen and oxygen atoms in total. The van der Waals surface area contributed by atoms with Crippen molar-refractivity contribution in [1.82, 2.24) is 4.98 Å². The van der Waals surface area contributed by atoms with Gasteiger partial charge in [0, 0.05) is 11.9 Å². The molecule has 6 heteroatoms. The summed E-state index contributed by atoms with van der Waals surface area (Å²) in [6.45, 7) is 1.59. The largest absolute Gasteiger partial charge is 0.478 e. The summed E-state index contributed by atoms with van der Waals surface area (Å²) in [5.74, 6) is -1.66. The first-order valence-electron chi connectivity index (χ1n) is 5.82.